The zero-order chi connectivity index (χ0) is 9.10. The van der Waals surface area contributed by atoms with Gasteiger partial charge in [0.05, 0.1) is 0 Å². The zero-order valence-electron chi connectivity index (χ0n) is 6.87. The Hall–Kier alpha value is -1.16. The summed E-state index contributed by atoms with van der Waals surface area (Å²) >= 11 is 3.39. The summed E-state index contributed by atoms with van der Waals surface area (Å²) in [5, 5.41) is 7.49. The van der Waals surface area contributed by atoms with E-state index in [1.54, 1.807) is 0 Å². The summed E-state index contributed by atoms with van der Waals surface area (Å²) in [5.41, 5.74) is 2.31. The largest absolute Gasteiger partial charge is 0.259 e. The van der Waals surface area contributed by atoms with Gasteiger partial charge in [0.1, 0.15) is 6.33 Å². The SMILES string of the molecule is BrCc1ccc(-c2ncn[nH]2)cc1. The molecule has 0 atom stereocenters. The van der Waals surface area contributed by atoms with E-state index in [0.717, 1.165) is 16.7 Å². The molecule has 4 heteroatoms. The fourth-order valence-electron chi connectivity index (χ4n) is 1.10. The lowest BCUT2D eigenvalue weighted by Crippen LogP contribution is -1.82. The van der Waals surface area contributed by atoms with Crippen LogP contribution in [0.2, 0.25) is 0 Å². The third-order valence-electron chi connectivity index (χ3n) is 1.80. The quantitative estimate of drug-likeness (QED) is 0.816. The highest BCUT2D eigenvalue weighted by molar-refractivity contribution is 9.08. The molecule has 0 aliphatic rings. The Kier molecular flexibility index (Phi) is 2.40. The Bertz CT molecular complexity index is 366. The van der Waals surface area contributed by atoms with Crippen LogP contribution in [0.15, 0.2) is 30.6 Å². The number of nitrogens with one attached hydrogen (secondary N) is 1. The predicted molar refractivity (Wildman–Crippen MR) is 54.4 cm³/mol. The van der Waals surface area contributed by atoms with Gasteiger partial charge in [0, 0.05) is 10.9 Å². The molecule has 0 aliphatic carbocycles. The summed E-state index contributed by atoms with van der Waals surface area (Å²) in [4.78, 5) is 4.06. The Labute approximate surface area is 84.3 Å². The van der Waals surface area contributed by atoms with E-state index >= 15 is 0 Å². The molecule has 0 spiro atoms. The summed E-state index contributed by atoms with van der Waals surface area (Å²) in [6.45, 7) is 0. The van der Waals surface area contributed by atoms with Crippen LogP contribution >= 0.6 is 15.9 Å². The monoisotopic (exact) mass is 237 g/mol. The van der Waals surface area contributed by atoms with Crippen LogP contribution in [0.1, 0.15) is 5.56 Å². The van der Waals surface area contributed by atoms with Crippen molar-refractivity contribution in [2.24, 2.45) is 0 Å². The van der Waals surface area contributed by atoms with E-state index in [1.165, 1.54) is 11.9 Å². The van der Waals surface area contributed by atoms with Crippen molar-refractivity contribution >= 4 is 15.9 Å². The van der Waals surface area contributed by atoms with Crippen LogP contribution in [0.25, 0.3) is 11.4 Å². The molecule has 13 heavy (non-hydrogen) atoms. The molecule has 2 aromatic rings. The third kappa shape index (κ3) is 1.78. The maximum Gasteiger partial charge on any atom is 0.155 e. The van der Waals surface area contributed by atoms with Gasteiger partial charge in [0.15, 0.2) is 5.82 Å². The van der Waals surface area contributed by atoms with E-state index in [-0.39, 0.29) is 0 Å². The van der Waals surface area contributed by atoms with Crippen LogP contribution in [-0.2, 0) is 5.33 Å². The molecule has 66 valence electrons. The zero-order valence-corrected chi connectivity index (χ0v) is 8.45. The van der Waals surface area contributed by atoms with Crippen LogP contribution in [0.5, 0.6) is 0 Å². The second-order valence-electron chi connectivity index (χ2n) is 2.66. The molecule has 1 aromatic heterocycles. The third-order valence-corrected chi connectivity index (χ3v) is 2.44. The first-order valence-corrected chi connectivity index (χ1v) is 5.03. The van der Waals surface area contributed by atoms with E-state index in [2.05, 4.69) is 43.2 Å². The van der Waals surface area contributed by atoms with Gasteiger partial charge in [0.2, 0.25) is 0 Å². The van der Waals surface area contributed by atoms with E-state index in [1.807, 2.05) is 12.1 Å². The second-order valence-corrected chi connectivity index (χ2v) is 3.23. The highest BCUT2D eigenvalue weighted by Gasteiger charge is 1.98. The van der Waals surface area contributed by atoms with Crippen molar-refractivity contribution in [3.63, 3.8) is 0 Å². The summed E-state index contributed by atoms with van der Waals surface area (Å²) in [6.07, 6.45) is 1.51. The maximum absolute atomic E-state index is 4.06. The topological polar surface area (TPSA) is 41.6 Å². The van der Waals surface area contributed by atoms with Gasteiger partial charge in [-0.3, -0.25) is 5.10 Å². The molecule has 0 saturated heterocycles. The Balaban J connectivity index is 2.33. The number of aromatic amines is 1. The first-order valence-electron chi connectivity index (χ1n) is 3.91. The van der Waals surface area contributed by atoms with Crippen molar-refractivity contribution in [2.45, 2.75) is 5.33 Å². The van der Waals surface area contributed by atoms with Gasteiger partial charge in [-0.05, 0) is 5.56 Å². The normalized spacial score (nSPS) is 10.2. The van der Waals surface area contributed by atoms with E-state index < -0.39 is 0 Å². The Morgan fingerprint density at radius 2 is 2.00 bits per heavy atom. The predicted octanol–water partition coefficient (Wildman–Crippen LogP) is 2.37. The first-order chi connectivity index (χ1) is 6.40. The molecular formula is C9H8BrN3. The number of halogens is 1. The van der Waals surface area contributed by atoms with Crippen LogP contribution in [0.3, 0.4) is 0 Å². The molecule has 0 aliphatic heterocycles. The van der Waals surface area contributed by atoms with Gasteiger partial charge < -0.3 is 0 Å². The fourth-order valence-corrected chi connectivity index (χ4v) is 1.47. The lowest BCUT2D eigenvalue weighted by Gasteiger charge is -1.97. The lowest BCUT2D eigenvalue weighted by atomic mass is 10.1. The van der Waals surface area contributed by atoms with Crippen LogP contribution in [-0.4, -0.2) is 15.2 Å². The number of alkyl halides is 1. The number of nitrogens with zero attached hydrogens (tertiary/aromatic N) is 2. The standard InChI is InChI=1S/C9H8BrN3/c10-5-7-1-3-8(4-2-7)9-11-6-12-13-9/h1-4,6H,5H2,(H,11,12,13). The van der Waals surface area contributed by atoms with Gasteiger partial charge in [-0.15, -0.1) is 0 Å². The highest BCUT2D eigenvalue weighted by Crippen LogP contribution is 2.15. The van der Waals surface area contributed by atoms with E-state index in [0.29, 0.717) is 0 Å². The fraction of sp³-hybridized carbons (Fsp3) is 0.111. The van der Waals surface area contributed by atoms with Gasteiger partial charge in [-0.1, -0.05) is 40.2 Å². The number of benzene rings is 1. The second kappa shape index (κ2) is 3.70. The molecule has 0 fully saturated rings. The van der Waals surface area contributed by atoms with Crippen molar-refractivity contribution in [1.29, 1.82) is 0 Å². The van der Waals surface area contributed by atoms with Gasteiger partial charge in [-0.2, -0.15) is 5.10 Å². The van der Waals surface area contributed by atoms with Crippen molar-refractivity contribution in [1.82, 2.24) is 15.2 Å². The molecule has 1 N–H and O–H groups in total. The average Bonchev–Trinajstić information content (AvgIpc) is 2.71. The molecule has 1 aromatic carbocycles. The summed E-state index contributed by atoms with van der Waals surface area (Å²) in [6, 6.07) is 8.17. The molecule has 0 radical (unpaired) electrons. The number of aromatic nitrogens is 3. The maximum atomic E-state index is 4.06. The minimum absolute atomic E-state index is 0.807. The number of rotatable bonds is 2. The molecule has 2 rings (SSSR count). The molecule has 0 amide bonds. The van der Waals surface area contributed by atoms with Crippen molar-refractivity contribution in [2.75, 3.05) is 0 Å². The van der Waals surface area contributed by atoms with Crippen molar-refractivity contribution in [3.05, 3.63) is 36.2 Å². The number of hydrogen-bond donors (Lipinski definition) is 1. The van der Waals surface area contributed by atoms with Crippen molar-refractivity contribution < 1.29 is 0 Å². The van der Waals surface area contributed by atoms with E-state index in [4.69, 9.17) is 0 Å². The average molecular weight is 238 g/mol. The van der Waals surface area contributed by atoms with Crippen molar-refractivity contribution in [3.8, 4) is 11.4 Å². The molecule has 0 bridgehead atoms. The van der Waals surface area contributed by atoms with Gasteiger partial charge >= 0.3 is 0 Å². The minimum atomic E-state index is 0.807. The molecular weight excluding hydrogens is 230 g/mol. The lowest BCUT2D eigenvalue weighted by molar-refractivity contribution is 1.09. The Morgan fingerprint density at radius 1 is 1.23 bits per heavy atom. The van der Waals surface area contributed by atoms with Crippen LogP contribution < -0.4 is 0 Å². The summed E-state index contributed by atoms with van der Waals surface area (Å²) < 4.78 is 0. The first kappa shape index (κ1) is 8.44. The van der Waals surface area contributed by atoms with Crippen LogP contribution in [0, 0.1) is 0 Å². The van der Waals surface area contributed by atoms with Gasteiger partial charge in [-0.25, -0.2) is 4.98 Å². The summed E-state index contributed by atoms with van der Waals surface area (Å²) in [7, 11) is 0. The molecule has 0 saturated carbocycles. The smallest absolute Gasteiger partial charge is 0.155 e. The molecule has 3 nitrogen and oxygen atoms in total. The molecule has 0 unspecified atom stereocenters. The summed E-state index contributed by atoms with van der Waals surface area (Å²) in [5.74, 6) is 0.807. The minimum Gasteiger partial charge on any atom is -0.259 e. The van der Waals surface area contributed by atoms with Crippen LogP contribution in [0.4, 0.5) is 0 Å². The molecule has 1 heterocycles. The number of H-pyrrole nitrogens is 1. The van der Waals surface area contributed by atoms with Gasteiger partial charge in [0.25, 0.3) is 0 Å². The Morgan fingerprint density at radius 3 is 2.54 bits per heavy atom. The highest BCUT2D eigenvalue weighted by atomic mass is 79.9. The van der Waals surface area contributed by atoms with E-state index in [9.17, 15) is 0 Å². The number of hydrogen-bond acceptors (Lipinski definition) is 2.